The predicted molar refractivity (Wildman–Crippen MR) is 89.7 cm³/mol. The summed E-state index contributed by atoms with van der Waals surface area (Å²) >= 11 is 3.59. The van der Waals surface area contributed by atoms with Crippen molar-refractivity contribution in [2.75, 3.05) is 19.0 Å². The molecule has 0 saturated heterocycles. The number of benzene rings is 1. The second kappa shape index (κ2) is 6.62. The van der Waals surface area contributed by atoms with Crippen molar-refractivity contribution in [2.24, 2.45) is 7.05 Å². The Hall–Kier alpha value is -1.33. The Morgan fingerprint density at radius 1 is 1.29 bits per heavy atom. The molecule has 1 N–H and O–H groups in total. The zero-order valence-electron chi connectivity index (χ0n) is 13.0. The molecule has 1 heterocycles. The van der Waals surface area contributed by atoms with E-state index in [9.17, 15) is 5.11 Å². The second-order valence-electron chi connectivity index (χ2n) is 5.39. The Labute approximate surface area is 134 Å². The van der Waals surface area contributed by atoms with Crippen molar-refractivity contribution < 1.29 is 5.11 Å². The van der Waals surface area contributed by atoms with Crippen LogP contribution in [0.1, 0.15) is 30.0 Å². The third kappa shape index (κ3) is 3.47. The second-order valence-corrected chi connectivity index (χ2v) is 6.18. The molecule has 0 aliphatic carbocycles. The average molecular weight is 352 g/mol. The van der Waals surface area contributed by atoms with E-state index in [-0.39, 0.29) is 0 Å². The molecule has 114 valence electrons. The van der Waals surface area contributed by atoms with Crippen LogP contribution in [0.5, 0.6) is 0 Å². The van der Waals surface area contributed by atoms with E-state index in [1.165, 1.54) is 0 Å². The van der Waals surface area contributed by atoms with E-state index < -0.39 is 6.10 Å². The van der Waals surface area contributed by atoms with Crippen LogP contribution in [-0.2, 0) is 19.9 Å². The number of nitrogens with zero attached hydrogens (tertiary/aromatic N) is 3. The topological polar surface area (TPSA) is 41.3 Å². The van der Waals surface area contributed by atoms with Crippen LogP contribution in [0, 0.1) is 0 Å². The number of anilines is 1. The van der Waals surface area contributed by atoms with Gasteiger partial charge in [0.1, 0.15) is 0 Å². The normalized spacial score (nSPS) is 12.5. The fourth-order valence-electron chi connectivity index (χ4n) is 2.34. The Morgan fingerprint density at radius 3 is 2.38 bits per heavy atom. The molecule has 0 radical (unpaired) electrons. The molecule has 0 aliphatic rings. The number of halogens is 1. The monoisotopic (exact) mass is 351 g/mol. The average Bonchev–Trinajstić information content (AvgIpc) is 2.74. The molecule has 2 aromatic rings. The molecule has 0 amide bonds. The van der Waals surface area contributed by atoms with Crippen molar-refractivity contribution >= 4 is 21.6 Å². The van der Waals surface area contributed by atoms with E-state index in [4.69, 9.17) is 0 Å². The molecule has 1 unspecified atom stereocenters. The van der Waals surface area contributed by atoms with Crippen LogP contribution in [0.3, 0.4) is 0 Å². The van der Waals surface area contributed by atoms with Crippen LogP contribution in [0.15, 0.2) is 28.7 Å². The van der Waals surface area contributed by atoms with Crippen LogP contribution in [0.2, 0.25) is 0 Å². The first-order valence-corrected chi connectivity index (χ1v) is 7.89. The van der Waals surface area contributed by atoms with Crippen LogP contribution in [-0.4, -0.2) is 29.0 Å². The molecule has 5 heteroatoms. The van der Waals surface area contributed by atoms with Gasteiger partial charge in [0.25, 0.3) is 0 Å². The minimum atomic E-state index is -0.530. The molecule has 0 fully saturated rings. The molecule has 0 aliphatic heterocycles. The number of hydrogen-bond donors (Lipinski definition) is 1. The molecule has 21 heavy (non-hydrogen) atoms. The third-order valence-electron chi connectivity index (χ3n) is 3.68. The lowest BCUT2D eigenvalue weighted by molar-refractivity contribution is 0.175. The summed E-state index contributed by atoms with van der Waals surface area (Å²) < 4.78 is 2.86. The fourth-order valence-corrected chi connectivity index (χ4v) is 3.12. The van der Waals surface area contributed by atoms with Crippen LogP contribution in [0.25, 0.3) is 0 Å². The maximum Gasteiger partial charge on any atom is 0.0845 e. The van der Waals surface area contributed by atoms with Gasteiger partial charge in [-0.25, -0.2) is 0 Å². The highest BCUT2D eigenvalue weighted by atomic mass is 79.9. The van der Waals surface area contributed by atoms with Crippen molar-refractivity contribution in [3.63, 3.8) is 0 Å². The highest BCUT2D eigenvalue weighted by Gasteiger charge is 2.17. The third-order valence-corrected chi connectivity index (χ3v) is 4.60. The van der Waals surface area contributed by atoms with Crippen LogP contribution >= 0.6 is 15.9 Å². The Kier molecular flexibility index (Phi) is 5.06. The van der Waals surface area contributed by atoms with Gasteiger partial charge in [0.2, 0.25) is 0 Å². The fraction of sp³-hybridized carbons (Fsp3) is 0.438. The zero-order valence-corrected chi connectivity index (χ0v) is 14.6. The quantitative estimate of drug-likeness (QED) is 0.899. The maximum absolute atomic E-state index is 10.5. The molecule has 0 bridgehead atoms. The number of rotatable bonds is 5. The van der Waals surface area contributed by atoms with Gasteiger partial charge in [-0.1, -0.05) is 19.1 Å². The van der Waals surface area contributed by atoms with E-state index in [2.05, 4.69) is 28.0 Å². The first-order chi connectivity index (χ1) is 9.93. The molecular formula is C16H22BrN3O. The maximum atomic E-state index is 10.5. The summed E-state index contributed by atoms with van der Waals surface area (Å²) in [7, 11) is 5.93. The van der Waals surface area contributed by atoms with Gasteiger partial charge in [0.15, 0.2) is 0 Å². The number of hydrogen-bond acceptors (Lipinski definition) is 3. The standard InChI is InChI=1S/C16H22BrN3O/c1-5-13-16(17)14(20(4)18-13)10-15(21)11-6-8-12(9-7-11)19(2)3/h6-9,15,21H,5,10H2,1-4H3. The lowest BCUT2D eigenvalue weighted by Gasteiger charge is -2.15. The smallest absolute Gasteiger partial charge is 0.0845 e. The number of aliphatic hydroxyl groups is 1. The van der Waals surface area contributed by atoms with Gasteiger partial charge in [-0.05, 0) is 40.0 Å². The summed E-state index contributed by atoms with van der Waals surface area (Å²) in [5.74, 6) is 0. The SMILES string of the molecule is CCc1nn(C)c(CC(O)c2ccc(N(C)C)cc2)c1Br. The van der Waals surface area contributed by atoms with Crippen molar-refractivity contribution in [1.82, 2.24) is 9.78 Å². The first-order valence-electron chi connectivity index (χ1n) is 7.09. The minimum Gasteiger partial charge on any atom is -0.388 e. The Morgan fingerprint density at radius 2 is 1.90 bits per heavy atom. The van der Waals surface area contributed by atoms with Gasteiger partial charge < -0.3 is 10.0 Å². The minimum absolute atomic E-state index is 0.530. The molecule has 1 atom stereocenters. The van der Waals surface area contributed by atoms with E-state index in [1.54, 1.807) is 0 Å². The summed E-state index contributed by atoms with van der Waals surface area (Å²) in [6.07, 6.45) is 0.894. The van der Waals surface area contributed by atoms with E-state index >= 15 is 0 Å². The van der Waals surface area contributed by atoms with Crippen molar-refractivity contribution in [3.05, 3.63) is 45.7 Å². The summed E-state index contributed by atoms with van der Waals surface area (Å²) in [6, 6.07) is 8.00. The summed E-state index contributed by atoms with van der Waals surface area (Å²) in [6.45, 7) is 2.08. The summed E-state index contributed by atoms with van der Waals surface area (Å²) in [5, 5.41) is 14.9. The van der Waals surface area contributed by atoms with Gasteiger partial charge in [0, 0.05) is 33.3 Å². The highest BCUT2D eigenvalue weighted by molar-refractivity contribution is 9.10. The first kappa shape index (κ1) is 16.0. The molecule has 1 aromatic carbocycles. The van der Waals surface area contributed by atoms with E-state index in [0.29, 0.717) is 6.42 Å². The van der Waals surface area contributed by atoms with Crippen molar-refractivity contribution in [3.8, 4) is 0 Å². The molecule has 4 nitrogen and oxygen atoms in total. The van der Waals surface area contributed by atoms with Crippen molar-refractivity contribution in [1.29, 1.82) is 0 Å². The number of aromatic nitrogens is 2. The molecule has 0 saturated carbocycles. The number of aryl methyl sites for hydroxylation is 2. The molecule has 0 spiro atoms. The van der Waals surface area contributed by atoms with Crippen LogP contribution < -0.4 is 4.90 Å². The van der Waals surface area contributed by atoms with Crippen LogP contribution in [0.4, 0.5) is 5.69 Å². The van der Waals surface area contributed by atoms with Gasteiger partial charge in [-0.3, -0.25) is 4.68 Å². The molecular weight excluding hydrogens is 330 g/mol. The van der Waals surface area contributed by atoms with E-state index in [1.807, 2.05) is 55.0 Å². The Balaban J connectivity index is 2.18. The zero-order chi connectivity index (χ0) is 15.6. The van der Waals surface area contributed by atoms with Gasteiger partial charge >= 0.3 is 0 Å². The lowest BCUT2D eigenvalue weighted by atomic mass is 10.0. The summed E-state index contributed by atoms with van der Waals surface area (Å²) in [5.41, 5.74) is 4.10. The number of aliphatic hydroxyl groups excluding tert-OH is 1. The lowest BCUT2D eigenvalue weighted by Crippen LogP contribution is -2.10. The van der Waals surface area contributed by atoms with Gasteiger partial charge in [-0.15, -0.1) is 0 Å². The molecule has 2 rings (SSSR count). The largest absolute Gasteiger partial charge is 0.388 e. The molecule has 1 aromatic heterocycles. The van der Waals surface area contributed by atoms with Gasteiger partial charge in [-0.2, -0.15) is 5.10 Å². The summed E-state index contributed by atoms with van der Waals surface area (Å²) in [4.78, 5) is 2.04. The predicted octanol–water partition coefficient (Wildman–Crippen LogP) is 3.09. The Bertz CT molecular complexity index is 605. The van der Waals surface area contributed by atoms with E-state index in [0.717, 1.165) is 33.5 Å². The van der Waals surface area contributed by atoms with Crippen molar-refractivity contribution in [2.45, 2.75) is 25.9 Å². The van der Waals surface area contributed by atoms with Gasteiger partial charge in [0.05, 0.1) is 22.0 Å². The highest BCUT2D eigenvalue weighted by Crippen LogP contribution is 2.27.